The van der Waals surface area contributed by atoms with Crippen LogP contribution < -0.4 is 5.32 Å². The van der Waals surface area contributed by atoms with Crippen LogP contribution in [-0.4, -0.2) is 42.9 Å². The molecule has 0 saturated carbocycles. The molecule has 1 heterocycles. The number of carbonyl (C=O) groups excluding carboxylic acids is 2. The van der Waals surface area contributed by atoms with E-state index in [9.17, 15) is 9.59 Å². The van der Waals surface area contributed by atoms with E-state index >= 15 is 0 Å². The smallest absolute Gasteiger partial charge is 0.411 e. The average Bonchev–Trinajstić information content (AvgIpc) is 2.72. The molecule has 1 atom stereocenters. The molecule has 0 bridgehead atoms. The lowest BCUT2D eigenvalue weighted by Gasteiger charge is -2.15. The van der Waals surface area contributed by atoms with Gasteiger partial charge in [-0.2, -0.15) is 0 Å². The summed E-state index contributed by atoms with van der Waals surface area (Å²) in [4.78, 5) is 30.0. The minimum absolute atomic E-state index is 0.514. The number of nitrogens with one attached hydrogen (secondary N) is 1. The minimum atomic E-state index is -1.30. The summed E-state index contributed by atoms with van der Waals surface area (Å²) in [5, 5.41) is 3.25. The molecule has 0 fully saturated rings. The molecule has 2 aromatic rings. The highest BCUT2D eigenvalue weighted by Gasteiger charge is 2.29. The Labute approximate surface area is 150 Å². The first-order chi connectivity index (χ1) is 12.0. The fourth-order valence-electron chi connectivity index (χ4n) is 2.37. The Kier molecular flexibility index (Phi) is 4.72. The van der Waals surface area contributed by atoms with Gasteiger partial charge in [-0.3, -0.25) is 4.79 Å². The standard InChI is InChI=1S/C18H16ClN3O3/c1-22(2)18(24)25-17-16(23)20-14-9-8-12(19)10-13(14)15(21-17)11-6-4-3-5-7-11/h3-10,17H,1-2H3,(H,20,23). The van der Waals surface area contributed by atoms with Gasteiger partial charge in [-0.25, -0.2) is 9.79 Å². The summed E-state index contributed by atoms with van der Waals surface area (Å²) in [7, 11) is 3.07. The maximum absolute atomic E-state index is 12.4. The van der Waals surface area contributed by atoms with Crippen molar-refractivity contribution in [2.75, 3.05) is 19.4 Å². The second kappa shape index (κ2) is 6.94. The zero-order valence-corrected chi connectivity index (χ0v) is 14.4. The highest BCUT2D eigenvalue weighted by Crippen LogP contribution is 2.27. The molecular weight excluding hydrogens is 342 g/mol. The average molecular weight is 358 g/mol. The van der Waals surface area contributed by atoms with E-state index in [0.29, 0.717) is 22.0 Å². The molecule has 3 rings (SSSR count). The Balaban J connectivity index is 2.12. The first-order valence-electron chi connectivity index (χ1n) is 7.57. The number of rotatable bonds is 2. The van der Waals surface area contributed by atoms with Crippen molar-refractivity contribution >= 4 is 35.0 Å². The van der Waals surface area contributed by atoms with E-state index in [2.05, 4.69) is 10.3 Å². The Morgan fingerprint density at radius 3 is 2.60 bits per heavy atom. The summed E-state index contributed by atoms with van der Waals surface area (Å²) in [5.41, 5.74) is 2.53. The highest BCUT2D eigenvalue weighted by molar-refractivity contribution is 6.32. The van der Waals surface area contributed by atoms with Gasteiger partial charge >= 0.3 is 6.09 Å². The Hall–Kier alpha value is -2.86. The molecule has 0 aromatic heterocycles. The fraction of sp³-hybridized carbons (Fsp3) is 0.167. The molecule has 25 heavy (non-hydrogen) atoms. The van der Waals surface area contributed by atoms with Gasteiger partial charge in [0.15, 0.2) is 0 Å². The molecule has 0 spiro atoms. The van der Waals surface area contributed by atoms with Crippen molar-refractivity contribution in [1.29, 1.82) is 0 Å². The van der Waals surface area contributed by atoms with Gasteiger partial charge in [0.1, 0.15) is 0 Å². The van der Waals surface area contributed by atoms with Crippen LogP contribution in [0.5, 0.6) is 0 Å². The zero-order valence-electron chi connectivity index (χ0n) is 13.7. The molecule has 2 aromatic carbocycles. The van der Waals surface area contributed by atoms with Crippen LogP contribution in [0, 0.1) is 0 Å². The monoisotopic (exact) mass is 357 g/mol. The van der Waals surface area contributed by atoms with E-state index in [1.54, 1.807) is 18.2 Å². The van der Waals surface area contributed by atoms with E-state index in [1.165, 1.54) is 19.0 Å². The maximum Gasteiger partial charge on any atom is 0.411 e. The van der Waals surface area contributed by atoms with Gasteiger partial charge in [0.2, 0.25) is 0 Å². The van der Waals surface area contributed by atoms with Crippen LogP contribution in [0.4, 0.5) is 10.5 Å². The van der Waals surface area contributed by atoms with E-state index < -0.39 is 18.2 Å². The molecule has 0 saturated heterocycles. The molecule has 1 aliphatic rings. The largest absolute Gasteiger partial charge is 0.414 e. The third kappa shape index (κ3) is 3.64. The minimum Gasteiger partial charge on any atom is -0.414 e. The number of halogens is 1. The van der Waals surface area contributed by atoms with Crippen molar-refractivity contribution in [3.8, 4) is 0 Å². The van der Waals surface area contributed by atoms with Crippen molar-refractivity contribution in [2.24, 2.45) is 4.99 Å². The lowest BCUT2D eigenvalue weighted by atomic mass is 10.0. The Morgan fingerprint density at radius 2 is 1.92 bits per heavy atom. The molecule has 1 N–H and O–H groups in total. The Morgan fingerprint density at radius 1 is 1.20 bits per heavy atom. The third-order valence-electron chi connectivity index (χ3n) is 3.59. The summed E-state index contributed by atoms with van der Waals surface area (Å²) in [6.45, 7) is 0. The number of hydrogen-bond acceptors (Lipinski definition) is 4. The summed E-state index contributed by atoms with van der Waals surface area (Å²) >= 11 is 6.12. The molecule has 7 heteroatoms. The van der Waals surface area contributed by atoms with E-state index in [-0.39, 0.29) is 0 Å². The predicted octanol–water partition coefficient (Wildman–Crippen LogP) is 3.15. The molecule has 2 amide bonds. The van der Waals surface area contributed by atoms with Crippen LogP contribution in [-0.2, 0) is 9.53 Å². The van der Waals surface area contributed by atoms with Gasteiger partial charge in [-0.15, -0.1) is 0 Å². The van der Waals surface area contributed by atoms with Crippen molar-refractivity contribution in [3.63, 3.8) is 0 Å². The SMILES string of the molecule is CN(C)C(=O)OC1N=C(c2ccccc2)c2cc(Cl)ccc2NC1=O. The van der Waals surface area contributed by atoms with Gasteiger partial charge < -0.3 is 15.0 Å². The van der Waals surface area contributed by atoms with Crippen LogP contribution in [0.25, 0.3) is 0 Å². The second-order valence-corrected chi connectivity index (χ2v) is 6.09. The van der Waals surface area contributed by atoms with Gasteiger partial charge in [-0.05, 0) is 18.2 Å². The number of hydrogen-bond donors (Lipinski definition) is 1. The van der Waals surface area contributed by atoms with E-state index in [4.69, 9.17) is 16.3 Å². The van der Waals surface area contributed by atoms with E-state index in [1.807, 2.05) is 30.3 Å². The number of nitrogens with zero attached hydrogens (tertiary/aromatic N) is 2. The van der Waals surface area contributed by atoms with Crippen molar-refractivity contribution in [3.05, 3.63) is 64.7 Å². The molecule has 0 radical (unpaired) electrons. The molecule has 128 valence electrons. The first kappa shape index (κ1) is 17.0. The van der Waals surface area contributed by atoms with Gasteiger partial charge in [0.05, 0.1) is 11.4 Å². The number of aliphatic imine (C=N–C) groups is 1. The van der Waals surface area contributed by atoms with Gasteiger partial charge in [0.25, 0.3) is 12.1 Å². The van der Waals surface area contributed by atoms with Crippen molar-refractivity contribution in [1.82, 2.24) is 4.90 Å². The topological polar surface area (TPSA) is 71.0 Å². The van der Waals surface area contributed by atoms with Crippen LogP contribution in [0.3, 0.4) is 0 Å². The molecular formula is C18H16ClN3O3. The number of benzene rings is 2. The summed E-state index contributed by atoms with van der Waals surface area (Å²) in [5.74, 6) is -0.523. The molecule has 1 unspecified atom stereocenters. The molecule has 0 aliphatic carbocycles. The number of amides is 2. The number of benzodiazepines with no additional fused rings is 1. The van der Waals surface area contributed by atoms with E-state index in [0.717, 1.165) is 5.56 Å². The third-order valence-corrected chi connectivity index (χ3v) is 3.83. The lowest BCUT2D eigenvalue weighted by molar-refractivity contribution is -0.124. The number of anilines is 1. The zero-order chi connectivity index (χ0) is 18.0. The number of fused-ring (bicyclic) bond motifs is 1. The predicted molar refractivity (Wildman–Crippen MR) is 96.1 cm³/mol. The summed E-state index contributed by atoms with van der Waals surface area (Å²) in [6.07, 6.45) is -1.95. The number of carbonyl (C=O) groups is 2. The summed E-state index contributed by atoms with van der Waals surface area (Å²) < 4.78 is 5.21. The fourth-order valence-corrected chi connectivity index (χ4v) is 2.54. The quantitative estimate of drug-likeness (QED) is 0.897. The van der Waals surface area contributed by atoms with Crippen LogP contribution in [0.15, 0.2) is 53.5 Å². The normalized spacial score (nSPS) is 16.2. The van der Waals surface area contributed by atoms with Gasteiger partial charge in [-0.1, -0.05) is 41.9 Å². The molecule has 6 nitrogen and oxygen atoms in total. The van der Waals surface area contributed by atoms with Gasteiger partial charge in [0, 0.05) is 30.2 Å². The van der Waals surface area contributed by atoms with Crippen molar-refractivity contribution in [2.45, 2.75) is 6.23 Å². The van der Waals surface area contributed by atoms with Crippen LogP contribution in [0.1, 0.15) is 11.1 Å². The second-order valence-electron chi connectivity index (χ2n) is 5.65. The summed E-state index contributed by atoms with van der Waals surface area (Å²) in [6, 6.07) is 14.4. The maximum atomic E-state index is 12.4. The lowest BCUT2D eigenvalue weighted by Crippen LogP contribution is -2.34. The number of ether oxygens (including phenoxy) is 1. The van der Waals surface area contributed by atoms with Crippen molar-refractivity contribution < 1.29 is 14.3 Å². The Bertz CT molecular complexity index is 850. The first-order valence-corrected chi connectivity index (χ1v) is 7.95. The van der Waals surface area contributed by atoms with Crippen LogP contribution in [0.2, 0.25) is 5.02 Å². The van der Waals surface area contributed by atoms with Crippen LogP contribution >= 0.6 is 11.6 Å². The highest BCUT2D eigenvalue weighted by atomic mass is 35.5. The molecule has 1 aliphatic heterocycles.